The number of rotatable bonds is 6. The minimum atomic E-state index is 0.105. The minimum absolute atomic E-state index is 0.105. The zero-order chi connectivity index (χ0) is 13.5. The van der Waals surface area contributed by atoms with E-state index in [-0.39, 0.29) is 11.9 Å². The van der Waals surface area contributed by atoms with Gasteiger partial charge in [-0.05, 0) is 31.5 Å². The van der Waals surface area contributed by atoms with Gasteiger partial charge in [0.1, 0.15) is 5.75 Å². The molecule has 0 aliphatic heterocycles. The molecule has 100 valence electrons. The lowest BCUT2D eigenvalue weighted by molar-refractivity contribution is -0.130. The first-order chi connectivity index (χ1) is 8.54. The van der Waals surface area contributed by atoms with Crippen LogP contribution in [0.5, 0.6) is 5.75 Å². The Hall–Kier alpha value is -1.55. The number of likely N-dealkylation sites (N-methyl/N-ethyl adjacent to an activating group) is 1. The molecule has 0 heterocycles. The Balaban J connectivity index is 2.39. The van der Waals surface area contributed by atoms with E-state index in [1.807, 2.05) is 45.2 Å². The Kier molecular flexibility index (Phi) is 5.65. The molecule has 0 radical (unpaired) electrons. The van der Waals surface area contributed by atoms with E-state index in [9.17, 15) is 4.79 Å². The Morgan fingerprint density at radius 2 is 2.17 bits per heavy atom. The van der Waals surface area contributed by atoms with Crippen LogP contribution in [-0.4, -0.2) is 37.6 Å². The molecule has 4 heteroatoms. The van der Waals surface area contributed by atoms with Gasteiger partial charge in [-0.25, -0.2) is 0 Å². The smallest absolute Gasteiger partial charge is 0.236 e. The molecule has 1 N–H and O–H groups in total. The fourth-order valence-corrected chi connectivity index (χ4v) is 1.51. The first kappa shape index (κ1) is 14.5. The van der Waals surface area contributed by atoms with Crippen molar-refractivity contribution in [2.75, 3.05) is 20.7 Å². The summed E-state index contributed by atoms with van der Waals surface area (Å²) in [5, 5.41) is 3.14. The first-order valence-electron chi connectivity index (χ1n) is 6.14. The van der Waals surface area contributed by atoms with E-state index in [0.717, 1.165) is 11.3 Å². The number of benzene rings is 1. The zero-order valence-electron chi connectivity index (χ0n) is 11.6. The summed E-state index contributed by atoms with van der Waals surface area (Å²) < 4.78 is 5.15. The van der Waals surface area contributed by atoms with Crippen molar-refractivity contribution in [1.29, 1.82) is 0 Å². The summed E-state index contributed by atoms with van der Waals surface area (Å²) in [5.74, 6) is 0.938. The number of carbonyl (C=O) groups excluding carboxylic acids is 1. The predicted molar refractivity (Wildman–Crippen MR) is 72.6 cm³/mol. The molecule has 1 aromatic rings. The monoisotopic (exact) mass is 250 g/mol. The van der Waals surface area contributed by atoms with Gasteiger partial charge in [-0.15, -0.1) is 0 Å². The van der Waals surface area contributed by atoms with E-state index >= 15 is 0 Å². The summed E-state index contributed by atoms with van der Waals surface area (Å²) in [4.78, 5) is 13.5. The van der Waals surface area contributed by atoms with Crippen LogP contribution in [-0.2, 0) is 11.3 Å². The van der Waals surface area contributed by atoms with Gasteiger partial charge in [-0.1, -0.05) is 12.1 Å². The van der Waals surface area contributed by atoms with Crippen molar-refractivity contribution in [1.82, 2.24) is 10.2 Å². The molecule has 18 heavy (non-hydrogen) atoms. The number of hydrogen-bond acceptors (Lipinski definition) is 3. The number of amides is 1. The van der Waals surface area contributed by atoms with Gasteiger partial charge in [0.05, 0.1) is 13.7 Å². The second-order valence-corrected chi connectivity index (χ2v) is 4.55. The summed E-state index contributed by atoms with van der Waals surface area (Å²) in [6.45, 7) is 5.01. The van der Waals surface area contributed by atoms with E-state index in [2.05, 4.69) is 5.32 Å². The average molecular weight is 250 g/mol. The standard InChI is InChI=1S/C14H22N2O2/c1-11(2)16(3)14(17)10-15-9-12-6-5-7-13(8-12)18-4/h5-8,11,15H,9-10H2,1-4H3. The molecule has 0 atom stereocenters. The van der Waals surface area contributed by atoms with Gasteiger partial charge in [-0.2, -0.15) is 0 Å². The van der Waals surface area contributed by atoms with Crippen LogP contribution in [0, 0.1) is 0 Å². The fourth-order valence-electron chi connectivity index (χ4n) is 1.51. The quantitative estimate of drug-likeness (QED) is 0.834. The van der Waals surface area contributed by atoms with Gasteiger partial charge >= 0.3 is 0 Å². The average Bonchev–Trinajstić information content (AvgIpc) is 2.37. The Morgan fingerprint density at radius 1 is 1.44 bits per heavy atom. The fraction of sp³-hybridized carbons (Fsp3) is 0.500. The van der Waals surface area contributed by atoms with Crippen LogP contribution in [0.3, 0.4) is 0 Å². The van der Waals surface area contributed by atoms with Crippen LogP contribution >= 0.6 is 0 Å². The minimum Gasteiger partial charge on any atom is -0.497 e. The summed E-state index contributed by atoms with van der Waals surface area (Å²) in [5.41, 5.74) is 1.11. The van der Waals surface area contributed by atoms with Crippen LogP contribution in [0.1, 0.15) is 19.4 Å². The van der Waals surface area contributed by atoms with Gasteiger partial charge in [-0.3, -0.25) is 4.79 Å². The van der Waals surface area contributed by atoms with E-state index in [4.69, 9.17) is 4.74 Å². The molecule has 4 nitrogen and oxygen atoms in total. The summed E-state index contributed by atoms with van der Waals surface area (Å²) >= 11 is 0. The predicted octanol–water partition coefficient (Wildman–Crippen LogP) is 1.65. The molecule has 0 aliphatic carbocycles. The third-order valence-corrected chi connectivity index (χ3v) is 2.91. The van der Waals surface area contributed by atoms with Gasteiger partial charge in [0.15, 0.2) is 0 Å². The highest BCUT2D eigenvalue weighted by molar-refractivity contribution is 5.78. The van der Waals surface area contributed by atoms with Crippen LogP contribution in [0.4, 0.5) is 0 Å². The number of nitrogens with zero attached hydrogens (tertiary/aromatic N) is 1. The molecule has 0 spiro atoms. The number of carbonyl (C=O) groups is 1. The molecule has 0 bridgehead atoms. The number of ether oxygens (including phenoxy) is 1. The maximum Gasteiger partial charge on any atom is 0.236 e. The number of methoxy groups -OCH3 is 1. The van der Waals surface area contributed by atoms with Crippen molar-refractivity contribution >= 4 is 5.91 Å². The van der Waals surface area contributed by atoms with Crippen LogP contribution in [0.2, 0.25) is 0 Å². The largest absolute Gasteiger partial charge is 0.497 e. The molecule has 1 aromatic carbocycles. The van der Waals surface area contributed by atoms with Crippen molar-refractivity contribution in [2.24, 2.45) is 0 Å². The van der Waals surface area contributed by atoms with Crippen LogP contribution in [0.15, 0.2) is 24.3 Å². The molecule has 0 aliphatic rings. The van der Waals surface area contributed by atoms with Gasteiger partial charge < -0.3 is 15.0 Å². The SMILES string of the molecule is COc1cccc(CNCC(=O)N(C)C(C)C)c1. The van der Waals surface area contributed by atoms with Crippen LogP contribution < -0.4 is 10.1 Å². The summed E-state index contributed by atoms with van der Waals surface area (Å²) in [6, 6.07) is 8.05. The number of hydrogen-bond donors (Lipinski definition) is 1. The Bertz CT molecular complexity index is 391. The lowest BCUT2D eigenvalue weighted by Crippen LogP contribution is -2.39. The molecule has 0 unspecified atom stereocenters. The van der Waals surface area contributed by atoms with E-state index in [1.54, 1.807) is 12.0 Å². The van der Waals surface area contributed by atoms with Crippen molar-refractivity contribution in [3.8, 4) is 5.75 Å². The summed E-state index contributed by atoms with van der Waals surface area (Å²) in [7, 11) is 3.47. The maximum absolute atomic E-state index is 11.7. The highest BCUT2D eigenvalue weighted by atomic mass is 16.5. The third-order valence-electron chi connectivity index (χ3n) is 2.91. The van der Waals surface area contributed by atoms with Crippen molar-refractivity contribution in [3.63, 3.8) is 0 Å². The maximum atomic E-state index is 11.7. The lowest BCUT2D eigenvalue weighted by atomic mass is 10.2. The molecule has 0 saturated heterocycles. The molecule has 1 rings (SSSR count). The van der Waals surface area contributed by atoms with E-state index in [0.29, 0.717) is 13.1 Å². The molecule has 1 amide bonds. The molecular formula is C14H22N2O2. The lowest BCUT2D eigenvalue weighted by Gasteiger charge is -2.21. The zero-order valence-corrected chi connectivity index (χ0v) is 11.6. The van der Waals surface area contributed by atoms with Gasteiger partial charge in [0.2, 0.25) is 5.91 Å². The number of nitrogens with one attached hydrogen (secondary N) is 1. The van der Waals surface area contributed by atoms with E-state index < -0.39 is 0 Å². The normalized spacial score (nSPS) is 10.5. The van der Waals surface area contributed by atoms with Crippen molar-refractivity contribution in [3.05, 3.63) is 29.8 Å². The van der Waals surface area contributed by atoms with Crippen molar-refractivity contribution < 1.29 is 9.53 Å². The highest BCUT2D eigenvalue weighted by Gasteiger charge is 2.10. The van der Waals surface area contributed by atoms with Crippen molar-refractivity contribution in [2.45, 2.75) is 26.4 Å². The second kappa shape index (κ2) is 7.01. The van der Waals surface area contributed by atoms with Gasteiger partial charge in [0.25, 0.3) is 0 Å². The topological polar surface area (TPSA) is 41.6 Å². The van der Waals surface area contributed by atoms with E-state index in [1.165, 1.54) is 0 Å². The van der Waals surface area contributed by atoms with Crippen LogP contribution in [0.25, 0.3) is 0 Å². The Morgan fingerprint density at radius 3 is 2.78 bits per heavy atom. The second-order valence-electron chi connectivity index (χ2n) is 4.55. The van der Waals surface area contributed by atoms with Gasteiger partial charge in [0, 0.05) is 19.6 Å². The first-order valence-corrected chi connectivity index (χ1v) is 6.14. The Labute approximate surface area is 109 Å². The molecule has 0 saturated carbocycles. The molecule has 0 fully saturated rings. The highest BCUT2D eigenvalue weighted by Crippen LogP contribution is 2.11. The summed E-state index contributed by atoms with van der Waals surface area (Å²) in [6.07, 6.45) is 0. The molecule has 0 aromatic heterocycles. The molecular weight excluding hydrogens is 228 g/mol. The third kappa shape index (κ3) is 4.37.